The van der Waals surface area contributed by atoms with Crippen LogP contribution in [0.5, 0.6) is 0 Å². The molecule has 0 aromatic carbocycles. The maximum atomic E-state index is 6.00. The first kappa shape index (κ1) is 10.8. The van der Waals surface area contributed by atoms with Crippen molar-refractivity contribution < 1.29 is 9.15 Å². The third kappa shape index (κ3) is 1.84. The van der Waals surface area contributed by atoms with Crippen molar-refractivity contribution in [3.63, 3.8) is 0 Å². The van der Waals surface area contributed by atoms with Gasteiger partial charge in [0.25, 0.3) is 0 Å². The van der Waals surface area contributed by atoms with E-state index in [9.17, 15) is 0 Å². The van der Waals surface area contributed by atoms with E-state index in [0.29, 0.717) is 11.8 Å². The molecule has 17 heavy (non-hydrogen) atoms. The van der Waals surface area contributed by atoms with Gasteiger partial charge < -0.3 is 9.15 Å². The van der Waals surface area contributed by atoms with Crippen LogP contribution in [0.15, 0.2) is 22.7 Å². The summed E-state index contributed by atoms with van der Waals surface area (Å²) < 4.78 is 11.4. The number of nitrogens with zero attached hydrogens (tertiary/aromatic N) is 1. The average Bonchev–Trinajstić information content (AvgIpc) is 2.96. The van der Waals surface area contributed by atoms with E-state index in [1.165, 1.54) is 5.56 Å². The lowest BCUT2D eigenvalue weighted by Crippen LogP contribution is -1.94. The standard InChI is InChI=1S/C14H17NO2/c1-9(2)11-3-5-15-12-7-13(17-14(11)12)10-4-6-16-8-10/h3,5,7,9-10H,4,6,8H2,1-2H3. The molecular formula is C14H17NO2. The summed E-state index contributed by atoms with van der Waals surface area (Å²) in [5.74, 6) is 1.89. The molecule has 0 aliphatic carbocycles. The van der Waals surface area contributed by atoms with Gasteiger partial charge in [-0.05, 0) is 18.4 Å². The summed E-state index contributed by atoms with van der Waals surface area (Å²) in [6.07, 6.45) is 2.92. The van der Waals surface area contributed by atoms with Gasteiger partial charge >= 0.3 is 0 Å². The maximum absolute atomic E-state index is 6.00. The highest BCUT2D eigenvalue weighted by molar-refractivity contribution is 5.77. The lowest BCUT2D eigenvalue weighted by atomic mass is 10.0. The van der Waals surface area contributed by atoms with Crippen molar-refractivity contribution in [2.75, 3.05) is 13.2 Å². The van der Waals surface area contributed by atoms with E-state index in [2.05, 4.69) is 24.9 Å². The molecule has 0 spiro atoms. The van der Waals surface area contributed by atoms with Gasteiger partial charge in [0.1, 0.15) is 11.3 Å². The van der Waals surface area contributed by atoms with Gasteiger partial charge in [-0.25, -0.2) is 0 Å². The lowest BCUT2D eigenvalue weighted by Gasteiger charge is -2.05. The molecule has 3 rings (SSSR count). The van der Waals surface area contributed by atoms with Gasteiger partial charge in [0.05, 0.1) is 6.61 Å². The highest BCUT2D eigenvalue weighted by atomic mass is 16.5. The molecule has 1 saturated heterocycles. The fraction of sp³-hybridized carbons (Fsp3) is 0.500. The number of hydrogen-bond donors (Lipinski definition) is 0. The minimum Gasteiger partial charge on any atom is -0.459 e. The summed E-state index contributed by atoms with van der Waals surface area (Å²) in [6.45, 7) is 5.97. The molecule has 0 bridgehead atoms. The molecule has 1 aliphatic heterocycles. The number of ether oxygens (including phenoxy) is 1. The molecular weight excluding hydrogens is 214 g/mol. The van der Waals surface area contributed by atoms with Crippen molar-refractivity contribution in [3.8, 4) is 0 Å². The second kappa shape index (κ2) is 4.15. The van der Waals surface area contributed by atoms with Gasteiger partial charge in [0.15, 0.2) is 5.58 Å². The van der Waals surface area contributed by atoms with Gasteiger partial charge in [0.2, 0.25) is 0 Å². The molecule has 2 aromatic rings. The highest BCUT2D eigenvalue weighted by Gasteiger charge is 2.22. The monoisotopic (exact) mass is 231 g/mol. The van der Waals surface area contributed by atoms with Gasteiger partial charge in [-0.2, -0.15) is 0 Å². The van der Waals surface area contributed by atoms with Gasteiger partial charge in [-0.1, -0.05) is 13.8 Å². The lowest BCUT2D eigenvalue weighted by molar-refractivity contribution is 0.191. The Bertz CT molecular complexity index is 524. The Hall–Kier alpha value is -1.35. The number of aromatic nitrogens is 1. The summed E-state index contributed by atoms with van der Waals surface area (Å²) in [6, 6.07) is 4.12. The fourth-order valence-corrected chi connectivity index (χ4v) is 2.39. The van der Waals surface area contributed by atoms with E-state index in [4.69, 9.17) is 9.15 Å². The van der Waals surface area contributed by atoms with Gasteiger partial charge in [-0.15, -0.1) is 0 Å². The third-order valence-electron chi connectivity index (χ3n) is 3.42. The molecule has 0 N–H and O–H groups in total. The fourth-order valence-electron chi connectivity index (χ4n) is 2.39. The molecule has 1 aliphatic rings. The topological polar surface area (TPSA) is 35.3 Å². The van der Waals surface area contributed by atoms with Crippen molar-refractivity contribution in [3.05, 3.63) is 29.7 Å². The summed E-state index contributed by atoms with van der Waals surface area (Å²) in [7, 11) is 0. The van der Waals surface area contributed by atoms with Crippen LogP contribution < -0.4 is 0 Å². The van der Waals surface area contributed by atoms with Crippen LogP contribution in [0.25, 0.3) is 11.1 Å². The van der Waals surface area contributed by atoms with Crippen molar-refractivity contribution in [1.29, 1.82) is 0 Å². The zero-order valence-corrected chi connectivity index (χ0v) is 10.3. The van der Waals surface area contributed by atoms with Crippen LogP contribution in [0.3, 0.4) is 0 Å². The molecule has 1 atom stereocenters. The smallest absolute Gasteiger partial charge is 0.156 e. The number of rotatable bonds is 2. The summed E-state index contributed by atoms with van der Waals surface area (Å²) in [5, 5.41) is 0. The van der Waals surface area contributed by atoms with Gasteiger partial charge in [0, 0.05) is 30.4 Å². The van der Waals surface area contributed by atoms with Crippen molar-refractivity contribution in [2.24, 2.45) is 0 Å². The summed E-state index contributed by atoms with van der Waals surface area (Å²) in [4.78, 5) is 4.38. The quantitative estimate of drug-likeness (QED) is 0.794. The van der Waals surface area contributed by atoms with Crippen LogP contribution in [0.4, 0.5) is 0 Å². The minimum absolute atomic E-state index is 0.407. The van der Waals surface area contributed by atoms with Crippen LogP contribution in [-0.4, -0.2) is 18.2 Å². The van der Waals surface area contributed by atoms with Crippen molar-refractivity contribution >= 4 is 11.1 Å². The Kier molecular flexibility index (Phi) is 2.63. The molecule has 1 fully saturated rings. The molecule has 3 nitrogen and oxygen atoms in total. The average molecular weight is 231 g/mol. The van der Waals surface area contributed by atoms with E-state index in [1.807, 2.05) is 12.3 Å². The highest BCUT2D eigenvalue weighted by Crippen LogP contribution is 2.32. The maximum Gasteiger partial charge on any atom is 0.156 e. The number of furan rings is 1. The zero-order valence-electron chi connectivity index (χ0n) is 10.3. The van der Waals surface area contributed by atoms with E-state index in [-0.39, 0.29) is 0 Å². The predicted octanol–water partition coefficient (Wildman–Crippen LogP) is 3.46. The van der Waals surface area contributed by atoms with Crippen LogP contribution in [0, 0.1) is 0 Å². The minimum atomic E-state index is 0.407. The van der Waals surface area contributed by atoms with Gasteiger partial charge in [-0.3, -0.25) is 4.98 Å². The Labute approximate surface area is 101 Å². The number of fused-ring (bicyclic) bond motifs is 1. The number of pyridine rings is 1. The third-order valence-corrected chi connectivity index (χ3v) is 3.42. The molecule has 3 heterocycles. The Morgan fingerprint density at radius 1 is 1.41 bits per heavy atom. The molecule has 3 heteroatoms. The van der Waals surface area contributed by atoms with Crippen LogP contribution in [0.1, 0.15) is 43.4 Å². The first-order chi connectivity index (χ1) is 8.25. The van der Waals surface area contributed by atoms with E-state index >= 15 is 0 Å². The molecule has 90 valence electrons. The second-order valence-electron chi connectivity index (χ2n) is 4.98. The SMILES string of the molecule is CC(C)c1ccnc2cc(C3CCOC3)oc12. The van der Waals surface area contributed by atoms with E-state index in [1.54, 1.807) is 0 Å². The van der Waals surface area contributed by atoms with Crippen LogP contribution in [-0.2, 0) is 4.74 Å². The Balaban J connectivity index is 2.08. The first-order valence-corrected chi connectivity index (χ1v) is 6.22. The van der Waals surface area contributed by atoms with Crippen LogP contribution >= 0.6 is 0 Å². The van der Waals surface area contributed by atoms with Crippen molar-refractivity contribution in [2.45, 2.75) is 32.1 Å². The number of hydrogen-bond acceptors (Lipinski definition) is 3. The van der Waals surface area contributed by atoms with E-state index in [0.717, 1.165) is 36.5 Å². The molecule has 1 unspecified atom stereocenters. The van der Waals surface area contributed by atoms with Crippen molar-refractivity contribution in [1.82, 2.24) is 4.98 Å². The molecule has 0 radical (unpaired) electrons. The Morgan fingerprint density at radius 3 is 3.00 bits per heavy atom. The second-order valence-corrected chi connectivity index (χ2v) is 4.98. The predicted molar refractivity (Wildman–Crippen MR) is 66.3 cm³/mol. The molecule has 0 amide bonds. The Morgan fingerprint density at radius 2 is 2.29 bits per heavy atom. The summed E-state index contributed by atoms with van der Waals surface area (Å²) >= 11 is 0. The van der Waals surface area contributed by atoms with Crippen LogP contribution in [0.2, 0.25) is 0 Å². The zero-order chi connectivity index (χ0) is 11.8. The van der Waals surface area contributed by atoms with E-state index < -0.39 is 0 Å². The largest absolute Gasteiger partial charge is 0.459 e. The summed E-state index contributed by atoms with van der Waals surface area (Å²) in [5.41, 5.74) is 3.16. The molecule has 2 aromatic heterocycles. The normalized spacial score (nSPS) is 20.5. The molecule has 0 saturated carbocycles. The first-order valence-electron chi connectivity index (χ1n) is 6.22.